The Morgan fingerprint density at radius 1 is 1.61 bits per heavy atom. The van der Waals surface area contributed by atoms with E-state index in [2.05, 4.69) is 21.5 Å². The molecule has 0 aromatic carbocycles. The third kappa shape index (κ3) is 4.88. The molecule has 0 radical (unpaired) electrons. The van der Waals surface area contributed by atoms with E-state index in [0.717, 1.165) is 4.68 Å². The van der Waals surface area contributed by atoms with Crippen LogP contribution in [0.2, 0.25) is 0 Å². The molecule has 0 bridgehead atoms. The van der Waals surface area contributed by atoms with Crippen LogP contribution >= 0.6 is 11.8 Å². The number of carbonyl (C=O) groups is 2. The van der Waals surface area contributed by atoms with E-state index < -0.39 is 5.97 Å². The van der Waals surface area contributed by atoms with Crippen LogP contribution in [0.1, 0.15) is 10.5 Å². The van der Waals surface area contributed by atoms with Gasteiger partial charge in [-0.1, -0.05) is 11.1 Å². The van der Waals surface area contributed by atoms with Crippen molar-refractivity contribution in [3.05, 3.63) is 11.9 Å². The van der Waals surface area contributed by atoms with Crippen molar-refractivity contribution in [3.63, 3.8) is 0 Å². The Morgan fingerprint density at radius 3 is 3.06 bits per heavy atom. The lowest BCUT2D eigenvalue weighted by Gasteiger charge is -2.00. The number of amides is 1. The maximum Gasteiger partial charge on any atom is 0.325 e. The first kappa shape index (κ1) is 14.1. The van der Waals surface area contributed by atoms with Crippen molar-refractivity contribution in [2.24, 2.45) is 0 Å². The molecule has 1 aromatic heterocycles. The third-order valence-corrected chi connectivity index (χ3v) is 2.65. The lowest BCUT2D eigenvalue weighted by molar-refractivity contribution is -0.137. The summed E-state index contributed by atoms with van der Waals surface area (Å²) in [5, 5.41) is 18.3. The van der Waals surface area contributed by atoms with Gasteiger partial charge in [-0.3, -0.25) is 9.59 Å². The molecular weight excluding hydrogens is 256 g/mol. The Bertz CT molecular complexity index is 466. The first-order chi connectivity index (χ1) is 8.63. The molecule has 2 N–H and O–H groups in total. The number of nitrogens with zero attached hydrogens (tertiary/aromatic N) is 3. The number of carboxylic acids is 1. The van der Waals surface area contributed by atoms with E-state index in [1.807, 2.05) is 0 Å². The Kier molecular flexibility index (Phi) is 5.73. The van der Waals surface area contributed by atoms with E-state index in [1.54, 1.807) is 0 Å². The molecule has 96 valence electrons. The molecule has 0 saturated heterocycles. The second-order valence-corrected chi connectivity index (χ2v) is 4.31. The largest absolute Gasteiger partial charge is 0.480 e. The van der Waals surface area contributed by atoms with E-state index in [0.29, 0.717) is 18.1 Å². The Hall–Kier alpha value is -2.01. The van der Waals surface area contributed by atoms with Gasteiger partial charge in [-0.05, 0) is 0 Å². The summed E-state index contributed by atoms with van der Waals surface area (Å²) in [6.45, 7) is 0.148. The van der Waals surface area contributed by atoms with Crippen molar-refractivity contribution in [2.45, 2.75) is 6.54 Å². The number of terminal acetylenes is 1. The number of aromatic nitrogens is 3. The van der Waals surface area contributed by atoms with Crippen LogP contribution in [0.3, 0.4) is 0 Å². The van der Waals surface area contributed by atoms with E-state index in [1.165, 1.54) is 18.0 Å². The molecule has 0 atom stereocenters. The van der Waals surface area contributed by atoms with Crippen LogP contribution in [0.25, 0.3) is 0 Å². The summed E-state index contributed by atoms with van der Waals surface area (Å²) in [5.74, 6) is 2.36. The molecule has 0 spiro atoms. The molecule has 1 rings (SSSR count). The number of aliphatic carboxylic acids is 1. The van der Waals surface area contributed by atoms with Gasteiger partial charge in [0.1, 0.15) is 6.54 Å². The molecule has 0 fully saturated rings. The summed E-state index contributed by atoms with van der Waals surface area (Å²) in [7, 11) is 0. The zero-order valence-corrected chi connectivity index (χ0v) is 10.3. The predicted octanol–water partition coefficient (Wildman–Crippen LogP) is -0.541. The highest BCUT2D eigenvalue weighted by molar-refractivity contribution is 7.99. The van der Waals surface area contributed by atoms with Gasteiger partial charge in [-0.15, -0.1) is 23.3 Å². The molecular formula is C10H12N4O3S. The first-order valence-corrected chi connectivity index (χ1v) is 6.20. The van der Waals surface area contributed by atoms with Crippen LogP contribution in [-0.4, -0.2) is 50.0 Å². The lowest BCUT2D eigenvalue weighted by Crippen LogP contribution is -2.26. The van der Waals surface area contributed by atoms with Crippen molar-refractivity contribution in [2.75, 3.05) is 18.1 Å². The maximum atomic E-state index is 11.6. The fraction of sp³-hybridized carbons (Fsp3) is 0.400. The zero-order chi connectivity index (χ0) is 13.4. The van der Waals surface area contributed by atoms with Crippen LogP contribution in [0.5, 0.6) is 0 Å². The summed E-state index contributed by atoms with van der Waals surface area (Å²) < 4.78 is 1.09. The second-order valence-electron chi connectivity index (χ2n) is 3.21. The van der Waals surface area contributed by atoms with Gasteiger partial charge < -0.3 is 10.4 Å². The fourth-order valence-electron chi connectivity index (χ4n) is 1.08. The third-order valence-electron chi connectivity index (χ3n) is 1.79. The van der Waals surface area contributed by atoms with Gasteiger partial charge in [0.2, 0.25) is 0 Å². The Morgan fingerprint density at radius 2 is 2.39 bits per heavy atom. The van der Waals surface area contributed by atoms with E-state index in [-0.39, 0.29) is 18.1 Å². The molecule has 0 saturated carbocycles. The molecule has 0 aliphatic carbocycles. The minimum atomic E-state index is -1.04. The zero-order valence-electron chi connectivity index (χ0n) is 9.50. The smallest absolute Gasteiger partial charge is 0.325 e. The normalized spacial score (nSPS) is 9.72. The number of hydrogen-bond donors (Lipinski definition) is 2. The van der Waals surface area contributed by atoms with Crippen molar-refractivity contribution in [1.29, 1.82) is 0 Å². The molecule has 1 amide bonds. The average molecular weight is 268 g/mol. The molecule has 0 aliphatic heterocycles. The van der Waals surface area contributed by atoms with E-state index >= 15 is 0 Å². The van der Waals surface area contributed by atoms with Crippen molar-refractivity contribution in [3.8, 4) is 12.3 Å². The number of rotatable bonds is 7. The van der Waals surface area contributed by atoms with Crippen LogP contribution in [0.15, 0.2) is 6.20 Å². The number of thioether (sulfide) groups is 1. The van der Waals surface area contributed by atoms with Gasteiger partial charge in [-0.2, -0.15) is 0 Å². The lowest BCUT2D eigenvalue weighted by atomic mass is 10.4. The summed E-state index contributed by atoms with van der Waals surface area (Å²) in [6.07, 6.45) is 6.37. The van der Waals surface area contributed by atoms with Crippen LogP contribution in [0, 0.1) is 12.3 Å². The predicted molar refractivity (Wildman–Crippen MR) is 66.1 cm³/mol. The topological polar surface area (TPSA) is 97.1 Å². The monoisotopic (exact) mass is 268 g/mol. The molecule has 8 heteroatoms. The highest BCUT2D eigenvalue weighted by Gasteiger charge is 2.11. The average Bonchev–Trinajstić information content (AvgIpc) is 2.76. The van der Waals surface area contributed by atoms with Gasteiger partial charge in [0, 0.05) is 12.3 Å². The van der Waals surface area contributed by atoms with Gasteiger partial charge in [0.15, 0.2) is 5.69 Å². The van der Waals surface area contributed by atoms with Gasteiger partial charge in [-0.25, -0.2) is 4.68 Å². The van der Waals surface area contributed by atoms with Crippen LogP contribution in [-0.2, 0) is 11.3 Å². The molecule has 7 nitrogen and oxygen atoms in total. The first-order valence-electron chi connectivity index (χ1n) is 5.05. The second kappa shape index (κ2) is 7.34. The fourth-order valence-corrected chi connectivity index (χ4v) is 1.59. The molecule has 18 heavy (non-hydrogen) atoms. The molecule has 1 heterocycles. The number of carbonyl (C=O) groups excluding carboxylic acids is 1. The molecule has 0 unspecified atom stereocenters. The minimum Gasteiger partial charge on any atom is -0.480 e. The summed E-state index contributed by atoms with van der Waals surface area (Å²) in [4.78, 5) is 22.0. The Balaban J connectivity index is 2.35. The number of nitrogens with one attached hydrogen (secondary N) is 1. The van der Waals surface area contributed by atoms with E-state index in [9.17, 15) is 9.59 Å². The SMILES string of the molecule is C#CCSCCNC(=O)c1cn(CC(=O)O)nn1. The quantitative estimate of drug-likeness (QED) is 0.509. The van der Waals surface area contributed by atoms with Crippen molar-refractivity contribution >= 4 is 23.6 Å². The maximum absolute atomic E-state index is 11.6. The summed E-state index contributed by atoms with van der Waals surface area (Å²) in [6, 6.07) is 0. The van der Waals surface area contributed by atoms with Crippen molar-refractivity contribution in [1.82, 2.24) is 20.3 Å². The molecule has 1 aromatic rings. The van der Waals surface area contributed by atoms with Crippen molar-refractivity contribution < 1.29 is 14.7 Å². The number of carboxylic acid groups (broad SMARTS) is 1. The highest BCUT2D eigenvalue weighted by atomic mass is 32.2. The summed E-state index contributed by atoms with van der Waals surface area (Å²) >= 11 is 1.53. The van der Waals surface area contributed by atoms with Gasteiger partial charge in [0.25, 0.3) is 5.91 Å². The van der Waals surface area contributed by atoms with Crippen LogP contribution in [0.4, 0.5) is 0 Å². The van der Waals surface area contributed by atoms with Gasteiger partial charge >= 0.3 is 5.97 Å². The molecule has 0 aliphatic rings. The number of hydrogen-bond acceptors (Lipinski definition) is 5. The Labute approximate surface area is 108 Å². The summed E-state index contributed by atoms with van der Waals surface area (Å²) in [5.41, 5.74) is 0.0956. The standard InChI is InChI=1S/C10H12N4O3S/c1-2-4-18-5-3-11-10(17)8-6-14(13-12-8)7-9(15)16/h1,6H,3-5,7H2,(H,11,17)(H,15,16). The minimum absolute atomic E-state index is 0.0956. The van der Waals surface area contributed by atoms with E-state index in [4.69, 9.17) is 11.5 Å². The highest BCUT2D eigenvalue weighted by Crippen LogP contribution is 1.97. The van der Waals surface area contributed by atoms with Gasteiger partial charge in [0.05, 0.1) is 11.9 Å². The van der Waals surface area contributed by atoms with Crippen LogP contribution < -0.4 is 5.32 Å².